The first-order valence-corrected chi connectivity index (χ1v) is 8.85. The van der Waals surface area contributed by atoms with E-state index in [-0.39, 0.29) is 12.3 Å². The molecule has 8 heteroatoms. The van der Waals surface area contributed by atoms with Gasteiger partial charge in [-0.25, -0.2) is 8.42 Å². The molecule has 126 valence electrons. The van der Waals surface area contributed by atoms with E-state index >= 15 is 0 Å². The molecule has 1 aliphatic heterocycles. The number of carboxylic acid groups (broad SMARTS) is 1. The number of anilines is 1. The van der Waals surface area contributed by atoms with Crippen LogP contribution in [0.2, 0.25) is 0 Å². The Bertz CT molecular complexity index is 710. The van der Waals surface area contributed by atoms with Gasteiger partial charge in [-0.2, -0.15) is 4.31 Å². The maximum absolute atomic E-state index is 11.9. The number of benzene rings is 1. The molecule has 0 saturated carbocycles. The summed E-state index contributed by atoms with van der Waals surface area (Å²) in [6, 6.07) is 6.49. The predicted octanol–water partition coefficient (Wildman–Crippen LogP) is 1.02. The molecule has 1 aliphatic rings. The third-order valence-electron chi connectivity index (χ3n) is 3.95. The molecule has 0 aliphatic carbocycles. The molecule has 1 heterocycles. The topological polar surface area (TPSA) is 104 Å². The van der Waals surface area contributed by atoms with Crippen LogP contribution in [0.1, 0.15) is 25.8 Å². The Kier molecular flexibility index (Phi) is 4.76. The summed E-state index contributed by atoms with van der Waals surface area (Å²) in [4.78, 5) is 23.1. The third kappa shape index (κ3) is 3.89. The minimum Gasteiger partial charge on any atom is -0.481 e. The summed E-state index contributed by atoms with van der Waals surface area (Å²) in [7, 11) is -3.30. The quantitative estimate of drug-likeness (QED) is 0.833. The van der Waals surface area contributed by atoms with Crippen molar-refractivity contribution in [1.82, 2.24) is 4.31 Å². The lowest BCUT2D eigenvalue weighted by atomic mass is 9.85. The predicted molar refractivity (Wildman–Crippen MR) is 85.7 cm³/mol. The highest BCUT2D eigenvalue weighted by Crippen LogP contribution is 2.24. The monoisotopic (exact) mass is 340 g/mol. The zero-order valence-electron chi connectivity index (χ0n) is 13.1. The van der Waals surface area contributed by atoms with E-state index in [1.807, 2.05) is 0 Å². The van der Waals surface area contributed by atoms with Crippen molar-refractivity contribution in [2.75, 3.05) is 24.2 Å². The number of amides is 1. The summed E-state index contributed by atoms with van der Waals surface area (Å²) in [6.45, 7) is 3.36. The van der Waals surface area contributed by atoms with Crippen LogP contribution in [-0.4, -0.2) is 48.5 Å². The van der Waals surface area contributed by atoms with Gasteiger partial charge in [0.1, 0.15) is 0 Å². The van der Waals surface area contributed by atoms with Crippen molar-refractivity contribution >= 4 is 27.6 Å². The van der Waals surface area contributed by atoms with E-state index in [1.165, 1.54) is 4.31 Å². The molecular weight excluding hydrogens is 320 g/mol. The van der Waals surface area contributed by atoms with Gasteiger partial charge in [-0.15, -0.1) is 0 Å². The van der Waals surface area contributed by atoms with E-state index in [2.05, 4.69) is 5.32 Å². The van der Waals surface area contributed by atoms with E-state index in [0.717, 1.165) is 0 Å². The Morgan fingerprint density at radius 2 is 1.87 bits per heavy atom. The molecule has 1 aromatic carbocycles. The van der Waals surface area contributed by atoms with Crippen molar-refractivity contribution in [3.63, 3.8) is 0 Å². The average molecular weight is 340 g/mol. The first-order chi connectivity index (χ1) is 10.6. The smallest absolute Gasteiger partial charge is 0.313 e. The van der Waals surface area contributed by atoms with Crippen LogP contribution in [0.3, 0.4) is 0 Å². The van der Waals surface area contributed by atoms with Crippen molar-refractivity contribution in [3.8, 4) is 0 Å². The van der Waals surface area contributed by atoms with Crippen LogP contribution >= 0.6 is 0 Å². The van der Waals surface area contributed by atoms with E-state index in [0.29, 0.717) is 24.2 Å². The van der Waals surface area contributed by atoms with Crippen LogP contribution in [0, 0.1) is 0 Å². The SMILES string of the molecule is CC(C)(C(=O)O)c1ccc(NC(=O)CN2CCCS2(=O)=O)cc1. The Morgan fingerprint density at radius 1 is 1.26 bits per heavy atom. The normalized spacial score (nSPS) is 17.8. The molecule has 0 spiro atoms. The molecule has 2 rings (SSSR count). The lowest BCUT2D eigenvalue weighted by molar-refractivity contribution is -0.142. The van der Waals surface area contributed by atoms with Crippen LogP contribution < -0.4 is 5.32 Å². The number of hydrogen-bond acceptors (Lipinski definition) is 4. The Balaban J connectivity index is 2.01. The van der Waals surface area contributed by atoms with Crippen molar-refractivity contribution < 1.29 is 23.1 Å². The third-order valence-corrected chi connectivity index (χ3v) is 5.85. The summed E-state index contributed by atoms with van der Waals surface area (Å²) in [5.41, 5.74) is 0.0910. The van der Waals surface area contributed by atoms with E-state index in [4.69, 9.17) is 0 Å². The van der Waals surface area contributed by atoms with E-state index < -0.39 is 27.3 Å². The fourth-order valence-corrected chi connectivity index (χ4v) is 3.80. The Hall–Kier alpha value is -1.93. The number of carboxylic acids is 1. The van der Waals surface area contributed by atoms with Crippen LogP contribution in [0.25, 0.3) is 0 Å². The van der Waals surface area contributed by atoms with Crippen molar-refractivity contribution in [2.24, 2.45) is 0 Å². The van der Waals surface area contributed by atoms with Gasteiger partial charge in [0.15, 0.2) is 0 Å². The second-order valence-electron chi connectivity index (χ2n) is 6.06. The molecule has 0 bridgehead atoms. The number of rotatable bonds is 5. The maximum atomic E-state index is 11.9. The first kappa shape index (κ1) is 17.4. The lowest BCUT2D eigenvalue weighted by Crippen LogP contribution is -2.34. The number of hydrogen-bond donors (Lipinski definition) is 2. The van der Waals surface area contributed by atoms with Crippen LogP contribution in [0.5, 0.6) is 0 Å². The number of aliphatic carboxylic acids is 1. The van der Waals surface area contributed by atoms with Crippen molar-refractivity contribution in [2.45, 2.75) is 25.7 Å². The van der Waals surface area contributed by atoms with Crippen molar-refractivity contribution in [1.29, 1.82) is 0 Å². The zero-order chi connectivity index (χ0) is 17.3. The molecule has 1 amide bonds. The standard InChI is InChI=1S/C15H20N2O5S/c1-15(2,14(19)20)11-4-6-12(7-5-11)16-13(18)10-17-8-3-9-23(17,21)22/h4-7H,3,8-10H2,1-2H3,(H,16,18)(H,19,20). The summed E-state index contributed by atoms with van der Waals surface area (Å²) >= 11 is 0. The highest BCUT2D eigenvalue weighted by molar-refractivity contribution is 7.89. The zero-order valence-corrected chi connectivity index (χ0v) is 13.9. The molecule has 1 aromatic rings. The van der Waals surface area contributed by atoms with Crippen LogP contribution in [-0.2, 0) is 25.0 Å². The minimum atomic E-state index is -3.30. The van der Waals surface area contributed by atoms with Gasteiger partial charge in [-0.3, -0.25) is 9.59 Å². The number of nitrogens with zero attached hydrogens (tertiary/aromatic N) is 1. The highest BCUT2D eigenvalue weighted by Gasteiger charge is 2.30. The summed E-state index contributed by atoms with van der Waals surface area (Å²) < 4.78 is 24.5. The molecule has 23 heavy (non-hydrogen) atoms. The molecule has 0 atom stereocenters. The molecule has 0 aromatic heterocycles. The number of nitrogens with one attached hydrogen (secondary N) is 1. The van der Waals surface area contributed by atoms with Crippen LogP contribution in [0.4, 0.5) is 5.69 Å². The van der Waals surface area contributed by atoms with E-state index in [9.17, 15) is 23.1 Å². The van der Waals surface area contributed by atoms with E-state index in [1.54, 1.807) is 38.1 Å². The largest absolute Gasteiger partial charge is 0.481 e. The average Bonchev–Trinajstić information content (AvgIpc) is 2.78. The lowest BCUT2D eigenvalue weighted by Gasteiger charge is -2.20. The van der Waals surface area contributed by atoms with Gasteiger partial charge in [0.25, 0.3) is 0 Å². The summed E-state index contributed by atoms with van der Waals surface area (Å²) in [6.07, 6.45) is 0.536. The molecule has 1 fully saturated rings. The second-order valence-corrected chi connectivity index (χ2v) is 8.15. The van der Waals surface area contributed by atoms with Gasteiger partial charge in [0, 0.05) is 12.2 Å². The second kappa shape index (κ2) is 6.29. The minimum absolute atomic E-state index is 0.0826. The maximum Gasteiger partial charge on any atom is 0.313 e. The summed E-state index contributed by atoms with van der Waals surface area (Å²) in [5, 5.41) is 11.8. The van der Waals surface area contributed by atoms with Gasteiger partial charge >= 0.3 is 5.97 Å². The van der Waals surface area contributed by atoms with Gasteiger partial charge in [-0.1, -0.05) is 12.1 Å². The number of carbonyl (C=O) groups is 2. The number of carbonyl (C=O) groups excluding carboxylic acids is 1. The van der Waals surface area contributed by atoms with Crippen molar-refractivity contribution in [3.05, 3.63) is 29.8 Å². The summed E-state index contributed by atoms with van der Waals surface area (Å²) in [5.74, 6) is -1.27. The first-order valence-electron chi connectivity index (χ1n) is 7.24. The van der Waals surface area contributed by atoms with Gasteiger partial charge < -0.3 is 10.4 Å². The van der Waals surface area contributed by atoms with Gasteiger partial charge in [-0.05, 0) is 38.0 Å². The molecule has 7 nitrogen and oxygen atoms in total. The Labute approximate surface area is 135 Å². The molecule has 0 unspecified atom stereocenters. The molecule has 0 radical (unpaired) electrons. The van der Waals surface area contributed by atoms with Crippen LogP contribution in [0.15, 0.2) is 24.3 Å². The fraction of sp³-hybridized carbons (Fsp3) is 0.467. The van der Waals surface area contributed by atoms with Gasteiger partial charge in [0.05, 0.1) is 17.7 Å². The Morgan fingerprint density at radius 3 is 2.35 bits per heavy atom. The highest BCUT2D eigenvalue weighted by atomic mass is 32.2. The molecule has 2 N–H and O–H groups in total. The number of sulfonamides is 1. The van der Waals surface area contributed by atoms with Gasteiger partial charge in [0.2, 0.25) is 15.9 Å². The molecule has 1 saturated heterocycles. The fourth-order valence-electron chi connectivity index (χ4n) is 2.32. The molecular formula is C15H20N2O5S.